The van der Waals surface area contributed by atoms with Gasteiger partial charge in [-0.25, -0.2) is 0 Å². The highest BCUT2D eigenvalue weighted by Crippen LogP contribution is 2.18. The maximum absolute atomic E-state index is 11.8. The van der Waals surface area contributed by atoms with E-state index in [0.29, 0.717) is 12.2 Å². The molecule has 0 unspecified atom stereocenters. The van der Waals surface area contributed by atoms with Gasteiger partial charge in [-0.2, -0.15) is 0 Å². The molecule has 5 heteroatoms. The number of hydrogen-bond acceptors (Lipinski definition) is 4. The monoisotopic (exact) mass is 238 g/mol. The predicted molar refractivity (Wildman–Crippen MR) is 65.9 cm³/mol. The van der Waals surface area contributed by atoms with Gasteiger partial charge in [0.1, 0.15) is 5.75 Å². The van der Waals surface area contributed by atoms with Crippen LogP contribution in [0.4, 0.5) is 5.69 Å². The molecule has 0 aliphatic carbocycles. The van der Waals surface area contributed by atoms with Gasteiger partial charge in [-0.3, -0.25) is 4.79 Å². The van der Waals surface area contributed by atoms with E-state index in [4.69, 9.17) is 10.5 Å². The molecule has 4 N–H and O–H groups in total. The molecule has 1 aromatic carbocycles. The lowest BCUT2D eigenvalue weighted by Gasteiger charge is -2.23. The van der Waals surface area contributed by atoms with Crippen molar-refractivity contribution < 1.29 is 14.6 Å². The number of aromatic hydroxyl groups is 1. The van der Waals surface area contributed by atoms with E-state index < -0.39 is 5.60 Å². The molecule has 0 heterocycles. The van der Waals surface area contributed by atoms with Gasteiger partial charge < -0.3 is 20.9 Å². The Morgan fingerprint density at radius 1 is 1.53 bits per heavy atom. The maximum Gasteiger partial charge on any atom is 0.253 e. The number of anilines is 1. The number of nitrogen functional groups attached to an aromatic ring is 1. The number of ether oxygens (including phenoxy) is 1. The van der Waals surface area contributed by atoms with Crippen LogP contribution in [-0.2, 0) is 4.74 Å². The molecule has 0 aromatic heterocycles. The van der Waals surface area contributed by atoms with Crippen molar-refractivity contribution in [3.8, 4) is 5.75 Å². The van der Waals surface area contributed by atoms with E-state index in [1.807, 2.05) is 13.8 Å². The summed E-state index contributed by atoms with van der Waals surface area (Å²) in [6.45, 7) is 4.08. The SMILES string of the molecule is COC(C)(C)CNC(=O)c1cc(O)ccc1N. The van der Waals surface area contributed by atoms with Crippen molar-refractivity contribution in [3.63, 3.8) is 0 Å². The Hall–Kier alpha value is -1.75. The number of phenolic OH excluding ortho intramolecular Hbond substituents is 1. The average Bonchev–Trinajstić information content (AvgIpc) is 2.29. The van der Waals surface area contributed by atoms with Crippen LogP contribution in [0.25, 0.3) is 0 Å². The molecule has 0 saturated heterocycles. The van der Waals surface area contributed by atoms with Crippen LogP contribution in [0.3, 0.4) is 0 Å². The lowest BCUT2D eigenvalue weighted by Crippen LogP contribution is -2.39. The van der Waals surface area contributed by atoms with E-state index in [-0.39, 0.29) is 17.2 Å². The third-order valence-electron chi connectivity index (χ3n) is 2.51. The quantitative estimate of drug-likeness (QED) is 0.542. The first-order chi connectivity index (χ1) is 7.85. The Labute approximate surface area is 101 Å². The van der Waals surface area contributed by atoms with Crippen LogP contribution in [-0.4, -0.2) is 30.3 Å². The second-order valence-electron chi connectivity index (χ2n) is 4.42. The molecule has 0 saturated carbocycles. The van der Waals surface area contributed by atoms with Gasteiger partial charge in [0.2, 0.25) is 0 Å². The summed E-state index contributed by atoms with van der Waals surface area (Å²) in [5, 5.41) is 12.0. The normalized spacial score (nSPS) is 11.2. The van der Waals surface area contributed by atoms with Crippen LogP contribution in [0, 0.1) is 0 Å². The van der Waals surface area contributed by atoms with Gasteiger partial charge in [-0.15, -0.1) is 0 Å². The Balaban J connectivity index is 2.74. The summed E-state index contributed by atoms with van der Waals surface area (Å²) in [6, 6.07) is 4.27. The summed E-state index contributed by atoms with van der Waals surface area (Å²) in [4.78, 5) is 11.8. The number of amides is 1. The number of nitrogens with one attached hydrogen (secondary N) is 1. The third kappa shape index (κ3) is 3.64. The number of rotatable bonds is 4. The Bertz CT molecular complexity index is 416. The van der Waals surface area contributed by atoms with Gasteiger partial charge in [0, 0.05) is 19.3 Å². The van der Waals surface area contributed by atoms with Gasteiger partial charge in [0.25, 0.3) is 5.91 Å². The summed E-state index contributed by atoms with van der Waals surface area (Å²) < 4.78 is 5.18. The van der Waals surface area contributed by atoms with E-state index in [2.05, 4.69) is 5.32 Å². The Kier molecular flexibility index (Phi) is 3.96. The van der Waals surface area contributed by atoms with Crippen molar-refractivity contribution in [2.75, 3.05) is 19.4 Å². The Morgan fingerprint density at radius 3 is 2.76 bits per heavy atom. The van der Waals surface area contributed by atoms with E-state index in [1.165, 1.54) is 18.2 Å². The number of nitrogens with two attached hydrogens (primary N) is 1. The van der Waals surface area contributed by atoms with Gasteiger partial charge in [0.15, 0.2) is 0 Å². The van der Waals surface area contributed by atoms with Crippen molar-refractivity contribution in [1.29, 1.82) is 0 Å². The molecule has 1 amide bonds. The van der Waals surface area contributed by atoms with E-state index in [0.717, 1.165) is 0 Å². The minimum Gasteiger partial charge on any atom is -0.508 e. The summed E-state index contributed by atoms with van der Waals surface area (Å²) in [5.74, 6) is -0.320. The standard InChI is InChI=1S/C12H18N2O3/c1-12(2,17-3)7-14-11(16)9-6-8(15)4-5-10(9)13/h4-6,15H,7,13H2,1-3H3,(H,14,16). The van der Waals surface area contributed by atoms with Crippen molar-refractivity contribution in [2.24, 2.45) is 0 Å². The summed E-state index contributed by atoms with van der Waals surface area (Å²) in [5.41, 5.74) is 5.81. The highest BCUT2D eigenvalue weighted by molar-refractivity contribution is 5.99. The largest absolute Gasteiger partial charge is 0.508 e. The lowest BCUT2D eigenvalue weighted by atomic mass is 10.1. The molecule has 0 radical (unpaired) electrons. The molecule has 0 fully saturated rings. The molecule has 0 aliphatic rings. The van der Waals surface area contributed by atoms with Crippen LogP contribution >= 0.6 is 0 Å². The number of carbonyl (C=O) groups is 1. The first-order valence-corrected chi connectivity index (χ1v) is 5.27. The van der Waals surface area contributed by atoms with Crippen LogP contribution in [0.5, 0.6) is 5.75 Å². The minimum atomic E-state index is -0.443. The number of hydrogen-bond donors (Lipinski definition) is 3. The number of methoxy groups -OCH3 is 1. The van der Waals surface area contributed by atoms with Crippen molar-refractivity contribution in [2.45, 2.75) is 19.4 Å². The molecular weight excluding hydrogens is 220 g/mol. The van der Waals surface area contributed by atoms with Gasteiger partial charge in [0.05, 0.1) is 11.2 Å². The second-order valence-corrected chi connectivity index (χ2v) is 4.42. The maximum atomic E-state index is 11.8. The van der Waals surface area contributed by atoms with Gasteiger partial charge >= 0.3 is 0 Å². The highest BCUT2D eigenvalue weighted by atomic mass is 16.5. The predicted octanol–water partition coefficient (Wildman–Crippen LogP) is 1.13. The first-order valence-electron chi connectivity index (χ1n) is 5.27. The highest BCUT2D eigenvalue weighted by Gasteiger charge is 2.18. The molecular formula is C12H18N2O3. The van der Waals surface area contributed by atoms with E-state index in [1.54, 1.807) is 7.11 Å². The number of phenols is 1. The number of carbonyl (C=O) groups excluding carboxylic acids is 1. The summed E-state index contributed by atoms with van der Waals surface area (Å²) in [7, 11) is 1.58. The molecule has 0 aliphatic heterocycles. The molecule has 0 atom stereocenters. The minimum absolute atomic E-state index is 0.00958. The fraction of sp³-hybridized carbons (Fsp3) is 0.417. The average molecular weight is 238 g/mol. The molecule has 17 heavy (non-hydrogen) atoms. The van der Waals surface area contributed by atoms with Crippen molar-refractivity contribution in [3.05, 3.63) is 23.8 Å². The van der Waals surface area contributed by atoms with Crippen LogP contribution in [0.15, 0.2) is 18.2 Å². The molecule has 1 aromatic rings. The number of benzene rings is 1. The zero-order valence-electron chi connectivity index (χ0n) is 10.3. The van der Waals surface area contributed by atoms with Crippen molar-refractivity contribution >= 4 is 11.6 Å². The summed E-state index contributed by atoms with van der Waals surface area (Å²) >= 11 is 0. The van der Waals surface area contributed by atoms with E-state index in [9.17, 15) is 9.90 Å². The Morgan fingerprint density at radius 2 is 2.18 bits per heavy atom. The lowest BCUT2D eigenvalue weighted by molar-refractivity contribution is 0.0229. The van der Waals surface area contributed by atoms with Crippen LogP contribution < -0.4 is 11.1 Å². The zero-order valence-corrected chi connectivity index (χ0v) is 10.3. The van der Waals surface area contributed by atoms with Gasteiger partial charge in [-0.1, -0.05) is 0 Å². The molecule has 1 rings (SSSR count). The topological polar surface area (TPSA) is 84.6 Å². The smallest absolute Gasteiger partial charge is 0.253 e. The first kappa shape index (κ1) is 13.3. The summed E-state index contributed by atoms with van der Waals surface area (Å²) in [6.07, 6.45) is 0. The zero-order chi connectivity index (χ0) is 13.1. The fourth-order valence-corrected chi connectivity index (χ4v) is 1.20. The molecule has 0 spiro atoms. The molecule has 5 nitrogen and oxygen atoms in total. The molecule has 94 valence electrons. The third-order valence-corrected chi connectivity index (χ3v) is 2.51. The fourth-order valence-electron chi connectivity index (χ4n) is 1.20. The second kappa shape index (κ2) is 5.05. The molecule has 0 bridgehead atoms. The van der Waals surface area contributed by atoms with E-state index >= 15 is 0 Å². The van der Waals surface area contributed by atoms with Crippen molar-refractivity contribution in [1.82, 2.24) is 5.32 Å². The van der Waals surface area contributed by atoms with Crippen LogP contribution in [0.2, 0.25) is 0 Å². The van der Waals surface area contributed by atoms with Gasteiger partial charge in [-0.05, 0) is 32.0 Å². The van der Waals surface area contributed by atoms with Crippen LogP contribution in [0.1, 0.15) is 24.2 Å².